The van der Waals surface area contributed by atoms with Crippen LogP contribution in [0.15, 0.2) is 32.5 Å². The highest BCUT2D eigenvalue weighted by Gasteiger charge is 2.44. The summed E-state index contributed by atoms with van der Waals surface area (Å²) < 4.78 is 49.9. The molecule has 0 unspecified atom stereocenters. The molecule has 3 rings (SSSR count). The molecule has 2 atom stereocenters. The van der Waals surface area contributed by atoms with E-state index in [4.69, 9.17) is 21.8 Å². The Bertz CT molecular complexity index is 949. The molecule has 3 heterocycles. The first-order valence-corrected chi connectivity index (χ1v) is 10.1. The zero-order valence-electron chi connectivity index (χ0n) is 14.5. The number of fused-ring (bicyclic) bond motifs is 1. The predicted octanol–water partition coefficient (Wildman–Crippen LogP) is 5.36. The highest BCUT2D eigenvalue weighted by molar-refractivity contribution is 9.10. The standard InChI is InChI=1S/C17H16BrClF3N3O2S/c1-26-16(17(20,21)22)9(23)5-11-13(18)14-15(27-11)10(6-12(19)25-14)24-7-8-3-2-4-28-8/h2-4,6,9,16H,5,7,23H2,1H3,(H,24,25)/t9-,16+/m1/s1. The minimum absolute atomic E-state index is 0.197. The molecule has 0 spiro atoms. The Hall–Kier alpha value is -1.33. The molecule has 5 nitrogen and oxygen atoms in total. The fourth-order valence-corrected chi connectivity index (χ4v) is 4.13. The van der Waals surface area contributed by atoms with Gasteiger partial charge in [0.15, 0.2) is 11.7 Å². The Morgan fingerprint density at radius 2 is 2.21 bits per heavy atom. The number of anilines is 1. The molecular formula is C17H16BrClF3N3O2S. The highest BCUT2D eigenvalue weighted by Crippen LogP contribution is 2.37. The molecule has 3 aromatic heterocycles. The van der Waals surface area contributed by atoms with Crippen molar-refractivity contribution < 1.29 is 22.3 Å². The van der Waals surface area contributed by atoms with E-state index in [1.54, 1.807) is 17.4 Å². The molecule has 0 aromatic carbocycles. The summed E-state index contributed by atoms with van der Waals surface area (Å²) >= 11 is 11.0. The van der Waals surface area contributed by atoms with Crippen LogP contribution in [0.3, 0.4) is 0 Å². The van der Waals surface area contributed by atoms with E-state index in [2.05, 4.69) is 31.0 Å². The van der Waals surface area contributed by atoms with E-state index >= 15 is 0 Å². The molecule has 3 aromatic rings. The van der Waals surface area contributed by atoms with Crippen molar-refractivity contribution in [2.45, 2.75) is 31.3 Å². The topological polar surface area (TPSA) is 73.3 Å². The van der Waals surface area contributed by atoms with Gasteiger partial charge in [-0.25, -0.2) is 4.98 Å². The molecule has 152 valence electrons. The normalized spacial score (nSPS) is 14.4. The Kier molecular flexibility index (Phi) is 6.55. The van der Waals surface area contributed by atoms with E-state index < -0.39 is 18.3 Å². The molecular weight excluding hydrogens is 483 g/mol. The zero-order chi connectivity index (χ0) is 20.5. The predicted molar refractivity (Wildman–Crippen MR) is 107 cm³/mol. The van der Waals surface area contributed by atoms with Crippen LogP contribution >= 0.6 is 38.9 Å². The van der Waals surface area contributed by atoms with Crippen molar-refractivity contribution in [2.75, 3.05) is 12.4 Å². The number of aromatic nitrogens is 1. The van der Waals surface area contributed by atoms with Gasteiger partial charge >= 0.3 is 6.18 Å². The maximum Gasteiger partial charge on any atom is 0.416 e. The maximum atomic E-state index is 13.0. The summed E-state index contributed by atoms with van der Waals surface area (Å²) in [5.74, 6) is 0.239. The average molecular weight is 499 g/mol. The van der Waals surface area contributed by atoms with Gasteiger partial charge in [0.25, 0.3) is 0 Å². The lowest BCUT2D eigenvalue weighted by Crippen LogP contribution is -2.47. The summed E-state index contributed by atoms with van der Waals surface area (Å²) in [4.78, 5) is 5.31. The van der Waals surface area contributed by atoms with Crippen LogP contribution in [0.5, 0.6) is 0 Å². The monoisotopic (exact) mass is 497 g/mol. The van der Waals surface area contributed by atoms with Crippen LogP contribution in [0.4, 0.5) is 18.9 Å². The Morgan fingerprint density at radius 1 is 1.46 bits per heavy atom. The van der Waals surface area contributed by atoms with E-state index in [0.29, 0.717) is 27.8 Å². The number of pyridine rings is 1. The summed E-state index contributed by atoms with van der Waals surface area (Å²) in [6, 6.07) is 4.17. The molecule has 3 N–H and O–H groups in total. The lowest BCUT2D eigenvalue weighted by Gasteiger charge is -2.24. The van der Waals surface area contributed by atoms with E-state index in [1.807, 2.05) is 17.5 Å². The molecule has 0 bridgehead atoms. The number of methoxy groups -OCH3 is 1. The number of halogens is 5. The third kappa shape index (κ3) is 4.62. The second kappa shape index (κ2) is 8.58. The van der Waals surface area contributed by atoms with E-state index in [-0.39, 0.29) is 17.3 Å². The van der Waals surface area contributed by atoms with E-state index in [9.17, 15) is 13.2 Å². The van der Waals surface area contributed by atoms with Gasteiger partial charge in [-0.3, -0.25) is 0 Å². The smallest absolute Gasteiger partial charge is 0.416 e. The van der Waals surface area contributed by atoms with Gasteiger partial charge in [0.05, 0.1) is 10.2 Å². The van der Waals surface area contributed by atoms with Crippen molar-refractivity contribution >= 4 is 55.7 Å². The second-order valence-corrected chi connectivity index (χ2v) is 8.22. The number of nitrogens with one attached hydrogen (secondary N) is 1. The first-order chi connectivity index (χ1) is 13.2. The van der Waals surface area contributed by atoms with E-state index in [0.717, 1.165) is 12.0 Å². The number of hydrogen-bond acceptors (Lipinski definition) is 6. The molecule has 0 amide bonds. The first-order valence-electron chi connectivity index (χ1n) is 8.09. The van der Waals surface area contributed by atoms with Crippen LogP contribution in [0.2, 0.25) is 5.15 Å². The number of rotatable bonds is 7. The number of hydrogen-bond donors (Lipinski definition) is 2. The molecule has 11 heteroatoms. The van der Waals surface area contributed by atoms with Crippen molar-refractivity contribution in [2.24, 2.45) is 5.73 Å². The molecule has 0 saturated heterocycles. The third-order valence-electron chi connectivity index (χ3n) is 4.04. The number of furan rings is 1. The van der Waals surface area contributed by atoms with Crippen molar-refractivity contribution in [3.05, 3.63) is 43.8 Å². The van der Waals surface area contributed by atoms with Crippen LogP contribution in [0.25, 0.3) is 11.1 Å². The number of ether oxygens (including phenoxy) is 1. The molecule has 0 aliphatic rings. The fraction of sp³-hybridized carbons (Fsp3) is 0.353. The Labute approximate surface area is 176 Å². The van der Waals surface area contributed by atoms with Gasteiger partial charge in [-0.15, -0.1) is 11.3 Å². The Balaban J connectivity index is 1.90. The van der Waals surface area contributed by atoms with Gasteiger partial charge in [0.1, 0.15) is 16.4 Å². The maximum absolute atomic E-state index is 13.0. The summed E-state index contributed by atoms with van der Waals surface area (Å²) in [5.41, 5.74) is 7.12. The van der Waals surface area contributed by atoms with Gasteiger partial charge in [-0.2, -0.15) is 13.2 Å². The van der Waals surface area contributed by atoms with Gasteiger partial charge in [-0.05, 0) is 27.4 Å². The minimum atomic E-state index is -4.58. The van der Waals surface area contributed by atoms with Crippen LogP contribution < -0.4 is 11.1 Å². The van der Waals surface area contributed by atoms with Gasteiger partial charge < -0.3 is 20.2 Å². The van der Waals surface area contributed by atoms with Crippen LogP contribution in [-0.2, 0) is 17.7 Å². The third-order valence-corrected chi connectivity index (χ3v) is 5.93. The van der Waals surface area contributed by atoms with Crippen LogP contribution in [-0.4, -0.2) is 30.4 Å². The molecule has 0 fully saturated rings. The zero-order valence-corrected chi connectivity index (χ0v) is 17.7. The first kappa shape index (κ1) is 21.4. The van der Waals surface area contributed by atoms with Crippen LogP contribution in [0, 0.1) is 0 Å². The molecule has 0 radical (unpaired) electrons. The second-order valence-electron chi connectivity index (χ2n) is 6.01. The summed E-state index contributed by atoms with van der Waals surface area (Å²) in [7, 11) is 0.972. The lowest BCUT2D eigenvalue weighted by atomic mass is 10.1. The van der Waals surface area contributed by atoms with Gasteiger partial charge in [-0.1, -0.05) is 17.7 Å². The van der Waals surface area contributed by atoms with Crippen molar-refractivity contribution in [3.63, 3.8) is 0 Å². The molecule has 28 heavy (non-hydrogen) atoms. The largest absolute Gasteiger partial charge is 0.456 e. The Morgan fingerprint density at radius 3 is 2.82 bits per heavy atom. The molecule has 0 aliphatic heterocycles. The summed E-state index contributed by atoms with van der Waals surface area (Å²) in [6.07, 6.45) is -6.89. The minimum Gasteiger partial charge on any atom is -0.456 e. The summed E-state index contributed by atoms with van der Waals surface area (Å²) in [5, 5.41) is 5.40. The van der Waals surface area contributed by atoms with Crippen LogP contribution in [0.1, 0.15) is 10.6 Å². The van der Waals surface area contributed by atoms with Gasteiger partial charge in [0, 0.05) is 37.1 Å². The fourth-order valence-electron chi connectivity index (χ4n) is 2.78. The number of alkyl halides is 3. The lowest BCUT2D eigenvalue weighted by molar-refractivity contribution is -0.218. The summed E-state index contributed by atoms with van der Waals surface area (Å²) in [6.45, 7) is 0.542. The average Bonchev–Trinajstić information content (AvgIpc) is 3.22. The molecule has 0 aliphatic carbocycles. The molecule has 0 saturated carbocycles. The highest BCUT2D eigenvalue weighted by atomic mass is 79.9. The number of nitrogens with zero attached hydrogens (tertiary/aromatic N) is 1. The van der Waals surface area contributed by atoms with Gasteiger partial charge in [0.2, 0.25) is 0 Å². The number of nitrogens with two attached hydrogens (primary N) is 1. The SMILES string of the molecule is CO[C@@H]([C@H](N)Cc1oc2c(NCc3cccs3)cc(Cl)nc2c1Br)C(F)(F)F. The van der Waals surface area contributed by atoms with Crippen molar-refractivity contribution in [1.82, 2.24) is 4.98 Å². The quantitative estimate of drug-likeness (QED) is 0.429. The van der Waals surface area contributed by atoms with Crippen molar-refractivity contribution in [3.8, 4) is 0 Å². The van der Waals surface area contributed by atoms with Crippen molar-refractivity contribution in [1.29, 1.82) is 0 Å². The van der Waals surface area contributed by atoms with E-state index in [1.165, 1.54) is 0 Å². The number of thiophene rings is 1.